The molecule has 0 aromatic heterocycles. The average Bonchev–Trinajstić information content (AvgIpc) is 2.08. The van der Waals surface area contributed by atoms with Crippen molar-refractivity contribution in [2.45, 2.75) is 72.6 Å². The van der Waals surface area contributed by atoms with Gasteiger partial charge in [-0.15, -0.1) is 0 Å². The van der Waals surface area contributed by atoms with Gasteiger partial charge in [0.25, 0.3) is 0 Å². The van der Waals surface area contributed by atoms with E-state index in [0.29, 0.717) is 13.0 Å². The first-order valence-electron chi connectivity index (χ1n) is 6.55. The smallest absolute Gasteiger partial charge is 0.323 e. The number of hydrogen-bond donors (Lipinski definition) is 2. The van der Waals surface area contributed by atoms with Gasteiger partial charge in [0.15, 0.2) is 0 Å². The summed E-state index contributed by atoms with van der Waals surface area (Å²) in [4.78, 5) is 11.7. The molecule has 0 aliphatic heterocycles. The molecule has 0 aromatic carbocycles. The van der Waals surface area contributed by atoms with E-state index in [-0.39, 0.29) is 11.4 Å². The zero-order valence-electron chi connectivity index (χ0n) is 12.8. The van der Waals surface area contributed by atoms with Crippen LogP contribution >= 0.6 is 0 Å². The Balaban J connectivity index is 4.03. The van der Waals surface area contributed by atoms with Crippen LogP contribution in [0.1, 0.15) is 54.9 Å². The zero-order chi connectivity index (χ0) is 14.6. The number of aliphatic hydroxyl groups is 1. The van der Waals surface area contributed by atoms with Crippen LogP contribution in [0.15, 0.2) is 0 Å². The van der Waals surface area contributed by atoms with Crippen molar-refractivity contribution in [1.82, 2.24) is 5.32 Å². The van der Waals surface area contributed by atoms with E-state index in [4.69, 9.17) is 4.74 Å². The molecule has 108 valence electrons. The Morgan fingerprint density at radius 1 is 1.22 bits per heavy atom. The highest BCUT2D eigenvalue weighted by Crippen LogP contribution is 2.20. The van der Waals surface area contributed by atoms with Gasteiger partial charge in [0, 0.05) is 6.54 Å². The van der Waals surface area contributed by atoms with Crippen LogP contribution in [0.25, 0.3) is 0 Å². The second-order valence-corrected chi connectivity index (χ2v) is 7.08. The molecule has 0 rings (SSSR count). The van der Waals surface area contributed by atoms with Gasteiger partial charge in [-0.3, -0.25) is 4.79 Å². The number of aliphatic hydroxyl groups excluding tert-OH is 1. The molecule has 4 heteroatoms. The van der Waals surface area contributed by atoms with Crippen molar-refractivity contribution < 1.29 is 14.6 Å². The Bertz CT molecular complexity index is 263. The molecule has 0 saturated heterocycles. The molecule has 0 fully saturated rings. The molecule has 0 aliphatic carbocycles. The maximum absolute atomic E-state index is 11.7. The van der Waals surface area contributed by atoms with E-state index < -0.39 is 17.7 Å². The summed E-state index contributed by atoms with van der Waals surface area (Å²) < 4.78 is 5.25. The van der Waals surface area contributed by atoms with Crippen molar-refractivity contribution in [1.29, 1.82) is 0 Å². The van der Waals surface area contributed by atoms with Crippen molar-refractivity contribution in [3.05, 3.63) is 0 Å². The van der Waals surface area contributed by atoms with Crippen molar-refractivity contribution in [2.75, 3.05) is 6.54 Å². The molecule has 0 aromatic rings. The van der Waals surface area contributed by atoms with Crippen molar-refractivity contribution >= 4 is 5.97 Å². The zero-order valence-corrected chi connectivity index (χ0v) is 12.8. The van der Waals surface area contributed by atoms with E-state index in [2.05, 4.69) is 26.1 Å². The lowest BCUT2D eigenvalue weighted by atomic mass is 9.89. The van der Waals surface area contributed by atoms with E-state index in [1.54, 1.807) is 6.92 Å². The van der Waals surface area contributed by atoms with Gasteiger partial charge in [-0.25, -0.2) is 0 Å². The Hall–Kier alpha value is -0.610. The first-order valence-corrected chi connectivity index (χ1v) is 6.55. The van der Waals surface area contributed by atoms with Crippen LogP contribution in [-0.2, 0) is 9.53 Å². The van der Waals surface area contributed by atoms with Gasteiger partial charge in [0.1, 0.15) is 11.6 Å². The first-order chi connectivity index (χ1) is 7.91. The number of esters is 1. The highest BCUT2D eigenvalue weighted by Gasteiger charge is 2.23. The SMILES string of the molecule is CC(NCC(O)CC(C)(C)C)C(=O)OC(C)(C)C. The molecule has 18 heavy (non-hydrogen) atoms. The second-order valence-electron chi connectivity index (χ2n) is 7.08. The van der Waals surface area contributed by atoms with Gasteiger partial charge in [0.2, 0.25) is 0 Å². The standard InChI is InChI=1S/C14H29NO3/c1-10(12(17)18-14(5,6)7)15-9-11(16)8-13(2,3)4/h10-11,15-16H,8-9H2,1-7H3. The minimum absolute atomic E-state index is 0.0796. The van der Waals surface area contributed by atoms with Gasteiger partial charge in [-0.2, -0.15) is 0 Å². The van der Waals surface area contributed by atoms with E-state index in [0.717, 1.165) is 0 Å². The first kappa shape index (κ1) is 17.4. The Morgan fingerprint density at radius 3 is 2.11 bits per heavy atom. The minimum Gasteiger partial charge on any atom is -0.459 e. The summed E-state index contributed by atoms with van der Waals surface area (Å²) >= 11 is 0. The lowest BCUT2D eigenvalue weighted by Gasteiger charge is -2.25. The topological polar surface area (TPSA) is 58.6 Å². The fourth-order valence-electron chi connectivity index (χ4n) is 1.57. The number of carbonyl (C=O) groups is 1. The van der Waals surface area contributed by atoms with E-state index in [9.17, 15) is 9.90 Å². The summed E-state index contributed by atoms with van der Waals surface area (Å²) in [5.74, 6) is -0.287. The predicted octanol–water partition coefficient (Wildman–Crippen LogP) is 2.10. The summed E-state index contributed by atoms with van der Waals surface area (Å²) in [7, 11) is 0. The predicted molar refractivity (Wildman–Crippen MR) is 73.4 cm³/mol. The molecule has 2 atom stereocenters. The molecular weight excluding hydrogens is 230 g/mol. The maximum Gasteiger partial charge on any atom is 0.323 e. The third-order valence-electron chi connectivity index (χ3n) is 2.27. The number of carbonyl (C=O) groups excluding carboxylic acids is 1. The molecule has 0 aliphatic rings. The molecular formula is C14H29NO3. The summed E-state index contributed by atoms with van der Waals surface area (Å²) in [5.41, 5.74) is -0.396. The van der Waals surface area contributed by atoms with Gasteiger partial charge in [-0.05, 0) is 39.5 Å². The lowest BCUT2D eigenvalue weighted by molar-refractivity contribution is -0.157. The lowest BCUT2D eigenvalue weighted by Crippen LogP contribution is -2.42. The fourth-order valence-corrected chi connectivity index (χ4v) is 1.57. The fraction of sp³-hybridized carbons (Fsp3) is 0.929. The molecule has 0 spiro atoms. The van der Waals surface area contributed by atoms with Gasteiger partial charge in [0.05, 0.1) is 6.10 Å². The molecule has 2 unspecified atom stereocenters. The van der Waals surface area contributed by atoms with Crippen LogP contribution in [0.5, 0.6) is 0 Å². The molecule has 0 radical (unpaired) electrons. The molecule has 0 bridgehead atoms. The second kappa shape index (κ2) is 6.53. The maximum atomic E-state index is 11.7. The molecule has 0 amide bonds. The number of rotatable bonds is 5. The van der Waals surface area contributed by atoms with Gasteiger partial charge in [-0.1, -0.05) is 20.8 Å². The summed E-state index contributed by atoms with van der Waals surface area (Å²) in [6.45, 7) is 13.9. The summed E-state index contributed by atoms with van der Waals surface area (Å²) in [6.07, 6.45) is 0.246. The third kappa shape index (κ3) is 9.42. The van der Waals surface area contributed by atoms with Crippen molar-refractivity contribution in [3.8, 4) is 0 Å². The molecule has 4 nitrogen and oxygen atoms in total. The normalized spacial score (nSPS) is 16.2. The summed E-state index contributed by atoms with van der Waals surface area (Å²) in [5, 5.41) is 12.8. The Labute approximate surface area is 111 Å². The van der Waals surface area contributed by atoms with E-state index in [1.807, 2.05) is 20.8 Å². The molecule has 2 N–H and O–H groups in total. The molecule has 0 saturated carbocycles. The average molecular weight is 259 g/mol. The Kier molecular flexibility index (Phi) is 6.30. The van der Waals surface area contributed by atoms with Crippen LogP contribution in [-0.4, -0.2) is 35.4 Å². The highest BCUT2D eigenvalue weighted by atomic mass is 16.6. The van der Waals surface area contributed by atoms with Crippen LogP contribution in [0.2, 0.25) is 0 Å². The van der Waals surface area contributed by atoms with E-state index >= 15 is 0 Å². The van der Waals surface area contributed by atoms with Crippen LogP contribution in [0.3, 0.4) is 0 Å². The van der Waals surface area contributed by atoms with Crippen molar-refractivity contribution in [2.24, 2.45) is 5.41 Å². The van der Waals surface area contributed by atoms with Gasteiger partial charge >= 0.3 is 5.97 Å². The number of nitrogens with one attached hydrogen (secondary N) is 1. The Morgan fingerprint density at radius 2 is 1.72 bits per heavy atom. The van der Waals surface area contributed by atoms with Crippen molar-refractivity contribution in [3.63, 3.8) is 0 Å². The third-order valence-corrected chi connectivity index (χ3v) is 2.27. The van der Waals surface area contributed by atoms with Crippen LogP contribution in [0.4, 0.5) is 0 Å². The quantitative estimate of drug-likeness (QED) is 0.742. The number of ether oxygens (including phenoxy) is 1. The van der Waals surface area contributed by atoms with Crippen LogP contribution in [0, 0.1) is 5.41 Å². The highest BCUT2D eigenvalue weighted by molar-refractivity contribution is 5.75. The summed E-state index contributed by atoms with van der Waals surface area (Å²) in [6, 6.07) is -0.404. The van der Waals surface area contributed by atoms with Gasteiger partial charge < -0.3 is 15.2 Å². The monoisotopic (exact) mass is 259 g/mol. The number of hydrogen-bond acceptors (Lipinski definition) is 4. The van der Waals surface area contributed by atoms with E-state index in [1.165, 1.54) is 0 Å². The van der Waals surface area contributed by atoms with Crippen LogP contribution < -0.4 is 5.32 Å². The molecule has 0 heterocycles. The minimum atomic E-state index is -0.475. The largest absolute Gasteiger partial charge is 0.459 e.